The van der Waals surface area contributed by atoms with Gasteiger partial charge in [0.15, 0.2) is 5.60 Å². The number of alkyl halides is 5. The number of ether oxygens (including phenoxy) is 3. The monoisotopic (exact) mass is 507 g/mol. The van der Waals surface area contributed by atoms with E-state index in [-0.39, 0.29) is 18.8 Å². The third-order valence-electron chi connectivity index (χ3n) is 6.99. The van der Waals surface area contributed by atoms with Crippen LogP contribution in [-0.2, 0) is 9.47 Å². The number of halogens is 5. The molecular formula is C23H30F5N3O4. The summed E-state index contributed by atoms with van der Waals surface area (Å²) >= 11 is 0. The summed E-state index contributed by atoms with van der Waals surface area (Å²) in [5, 5.41) is 8.63. The fourth-order valence-corrected chi connectivity index (χ4v) is 5.24. The van der Waals surface area contributed by atoms with E-state index in [0.717, 1.165) is 12.8 Å². The van der Waals surface area contributed by atoms with Gasteiger partial charge in [0.25, 0.3) is 0 Å². The minimum atomic E-state index is -4.47. The molecule has 0 aromatic heterocycles. The number of hydrogen-bond acceptors (Lipinski definition) is 5. The molecule has 7 nitrogen and oxygen atoms in total. The predicted octanol–water partition coefficient (Wildman–Crippen LogP) is 4.78. The van der Waals surface area contributed by atoms with Gasteiger partial charge < -0.3 is 24.8 Å². The molecule has 3 N–H and O–H groups in total. The van der Waals surface area contributed by atoms with Gasteiger partial charge in [-0.05, 0) is 56.5 Å². The number of piperidine rings is 1. The van der Waals surface area contributed by atoms with E-state index < -0.39 is 48.7 Å². The summed E-state index contributed by atoms with van der Waals surface area (Å²) in [6.45, 7) is -2.24. The molecule has 2 heterocycles. The van der Waals surface area contributed by atoms with Gasteiger partial charge in [0, 0.05) is 18.0 Å². The lowest BCUT2D eigenvalue weighted by molar-refractivity contribution is -0.358. The molecule has 3 fully saturated rings. The van der Waals surface area contributed by atoms with Crippen LogP contribution < -0.4 is 20.7 Å². The highest BCUT2D eigenvalue weighted by Crippen LogP contribution is 2.52. The molecule has 1 aromatic carbocycles. The van der Waals surface area contributed by atoms with E-state index in [0.29, 0.717) is 37.9 Å². The predicted molar refractivity (Wildman–Crippen MR) is 116 cm³/mol. The molecule has 196 valence electrons. The Labute approximate surface area is 200 Å². The quantitative estimate of drug-likeness (QED) is 0.463. The molecule has 0 spiro atoms. The number of carbonyl (C=O) groups excluding carboxylic acids is 1. The average Bonchev–Trinajstić information content (AvgIpc) is 2.75. The number of carbonyl (C=O) groups is 1. The zero-order chi connectivity index (χ0) is 25.1. The Balaban J connectivity index is 1.38. The summed E-state index contributed by atoms with van der Waals surface area (Å²) < 4.78 is 82.0. The second kappa shape index (κ2) is 10.8. The van der Waals surface area contributed by atoms with Crippen molar-refractivity contribution in [3.63, 3.8) is 0 Å². The van der Waals surface area contributed by atoms with Crippen LogP contribution in [0.3, 0.4) is 0 Å². The molecule has 3 unspecified atom stereocenters. The van der Waals surface area contributed by atoms with Gasteiger partial charge in [-0.2, -0.15) is 22.0 Å². The highest BCUT2D eigenvalue weighted by atomic mass is 19.4. The number of urea groups is 1. The van der Waals surface area contributed by atoms with Crippen LogP contribution in [0.15, 0.2) is 24.3 Å². The first-order valence-electron chi connectivity index (χ1n) is 11.9. The number of anilines is 1. The van der Waals surface area contributed by atoms with E-state index in [9.17, 15) is 26.7 Å². The molecular weight excluding hydrogens is 477 g/mol. The lowest BCUT2D eigenvalue weighted by Gasteiger charge is -2.52. The standard InChI is InChI=1S/C23H30F5N3O4/c24-20(25)34-15-9-7-14(8-10-15)30-21(32)31-17-5-3-12-29-19(17)35-18-6-2-1-4-16(18)22(11-13-33-22)23(26,27)28/h7-10,16-20,29H,1-6,11-13H2,(H2,30,31,32)/t16?,17?,18-,19?,22-/m1/s1. The van der Waals surface area contributed by atoms with Gasteiger partial charge in [-0.3, -0.25) is 5.32 Å². The number of rotatable bonds is 7. The van der Waals surface area contributed by atoms with Crippen LogP contribution in [-0.4, -0.2) is 55.9 Å². The molecule has 0 radical (unpaired) electrons. The van der Waals surface area contributed by atoms with Crippen LogP contribution in [0.5, 0.6) is 5.75 Å². The lowest BCUT2D eigenvalue weighted by Crippen LogP contribution is -2.65. The lowest BCUT2D eigenvalue weighted by atomic mass is 9.70. The van der Waals surface area contributed by atoms with Crippen LogP contribution in [0.25, 0.3) is 0 Å². The maximum Gasteiger partial charge on any atom is 0.417 e. The molecule has 1 saturated carbocycles. The summed E-state index contributed by atoms with van der Waals surface area (Å²) in [5.74, 6) is -0.831. The Hall–Kier alpha value is -2.18. The summed E-state index contributed by atoms with van der Waals surface area (Å²) in [6.07, 6.45) is -2.15. The van der Waals surface area contributed by atoms with Crippen molar-refractivity contribution in [3.8, 4) is 5.75 Å². The van der Waals surface area contributed by atoms with Crippen molar-refractivity contribution in [1.82, 2.24) is 10.6 Å². The fourth-order valence-electron chi connectivity index (χ4n) is 5.24. The van der Waals surface area contributed by atoms with Gasteiger partial charge in [0.05, 0.1) is 18.8 Å². The average molecular weight is 508 g/mol. The number of hydrogen-bond donors (Lipinski definition) is 3. The van der Waals surface area contributed by atoms with E-state index in [2.05, 4.69) is 20.7 Å². The second-order valence-corrected chi connectivity index (χ2v) is 9.18. The highest BCUT2D eigenvalue weighted by Gasteiger charge is 2.66. The molecule has 2 saturated heterocycles. The van der Waals surface area contributed by atoms with Crippen LogP contribution in [0, 0.1) is 5.92 Å². The topological polar surface area (TPSA) is 80.9 Å². The molecule has 0 bridgehead atoms. The van der Waals surface area contributed by atoms with Crippen molar-refractivity contribution in [3.05, 3.63) is 24.3 Å². The van der Waals surface area contributed by atoms with E-state index in [1.54, 1.807) is 0 Å². The van der Waals surface area contributed by atoms with Crippen LogP contribution >= 0.6 is 0 Å². The molecule has 1 aromatic rings. The van der Waals surface area contributed by atoms with Crippen molar-refractivity contribution in [2.75, 3.05) is 18.5 Å². The van der Waals surface area contributed by atoms with Gasteiger partial charge in [0.1, 0.15) is 12.0 Å². The SMILES string of the molecule is O=C(Nc1ccc(OC(F)F)cc1)NC1CCCNC1O[C@@H]1CCCCC1[C@@]1(C(F)(F)F)CCO1. The molecule has 3 aliphatic rings. The third-order valence-corrected chi connectivity index (χ3v) is 6.99. The third kappa shape index (κ3) is 5.97. The number of benzene rings is 1. The van der Waals surface area contributed by atoms with Crippen molar-refractivity contribution in [2.24, 2.45) is 5.92 Å². The smallest absolute Gasteiger partial charge is 0.417 e. The first-order chi connectivity index (χ1) is 16.7. The van der Waals surface area contributed by atoms with Crippen molar-refractivity contribution >= 4 is 11.7 Å². The van der Waals surface area contributed by atoms with Gasteiger partial charge in [-0.15, -0.1) is 0 Å². The minimum absolute atomic E-state index is 0.0370. The van der Waals surface area contributed by atoms with Crippen molar-refractivity contribution in [2.45, 2.75) is 81.7 Å². The maximum atomic E-state index is 13.9. The van der Waals surface area contributed by atoms with Gasteiger partial charge in [-0.1, -0.05) is 12.8 Å². The first kappa shape index (κ1) is 25.9. The summed E-state index contributed by atoms with van der Waals surface area (Å²) in [4.78, 5) is 12.6. The summed E-state index contributed by atoms with van der Waals surface area (Å²) in [7, 11) is 0. The minimum Gasteiger partial charge on any atom is -0.435 e. The van der Waals surface area contributed by atoms with E-state index in [4.69, 9.17) is 9.47 Å². The Morgan fingerprint density at radius 3 is 2.46 bits per heavy atom. The summed E-state index contributed by atoms with van der Waals surface area (Å²) in [6, 6.07) is 4.45. The number of amides is 2. The highest BCUT2D eigenvalue weighted by molar-refractivity contribution is 5.89. The summed E-state index contributed by atoms with van der Waals surface area (Å²) in [5.41, 5.74) is -1.79. The molecule has 2 amide bonds. The largest absolute Gasteiger partial charge is 0.435 e. The van der Waals surface area contributed by atoms with E-state index in [1.807, 2.05) is 0 Å². The molecule has 5 atom stereocenters. The second-order valence-electron chi connectivity index (χ2n) is 9.18. The molecule has 35 heavy (non-hydrogen) atoms. The Kier molecular flexibility index (Phi) is 8.02. The zero-order valence-corrected chi connectivity index (χ0v) is 19.1. The molecule has 2 aliphatic heterocycles. The normalized spacial score (nSPS) is 31.5. The van der Waals surface area contributed by atoms with Crippen LogP contribution in [0.4, 0.5) is 32.4 Å². The first-order valence-corrected chi connectivity index (χ1v) is 11.9. The number of nitrogens with one attached hydrogen (secondary N) is 3. The Morgan fingerprint density at radius 2 is 1.83 bits per heavy atom. The molecule has 1 aliphatic carbocycles. The van der Waals surface area contributed by atoms with E-state index >= 15 is 0 Å². The van der Waals surface area contributed by atoms with Gasteiger partial charge in [-0.25, -0.2) is 4.79 Å². The Morgan fingerprint density at radius 1 is 1.11 bits per heavy atom. The Bertz CT molecular complexity index is 851. The van der Waals surface area contributed by atoms with Crippen molar-refractivity contribution in [1.29, 1.82) is 0 Å². The van der Waals surface area contributed by atoms with Gasteiger partial charge in [0.2, 0.25) is 0 Å². The van der Waals surface area contributed by atoms with Crippen molar-refractivity contribution < 1.29 is 41.0 Å². The molecule has 12 heteroatoms. The van der Waals surface area contributed by atoms with Crippen LogP contribution in [0.2, 0.25) is 0 Å². The zero-order valence-electron chi connectivity index (χ0n) is 19.1. The fraction of sp³-hybridized carbons (Fsp3) is 0.696. The van der Waals surface area contributed by atoms with Gasteiger partial charge >= 0.3 is 18.8 Å². The van der Waals surface area contributed by atoms with Crippen LogP contribution in [0.1, 0.15) is 44.9 Å². The molecule has 4 rings (SSSR count). The maximum absolute atomic E-state index is 13.9. The van der Waals surface area contributed by atoms with E-state index in [1.165, 1.54) is 24.3 Å².